The van der Waals surface area contributed by atoms with Crippen molar-refractivity contribution < 1.29 is 24.2 Å². The number of thioether (sulfide) groups is 1. The van der Waals surface area contributed by atoms with Gasteiger partial charge in [0, 0.05) is 10.9 Å². The van der Waals surface area contributed by atoms with Gasteiger partial charge in [-0.05, 0) is 68.0 Å². The number of halogens is 1. The minimum absolute atomic E-state index is 0.00589. The number of amides is 3. The molecule has 3 fully saturated rings. The lowest BCUT2D eigenvalue weighted by Crippen LogP contribution is -2.57. The number of benzene rings is 2. The first-order valence-corrected chi connectivity index (χ1v) is 15.6. The van der Waals surface area contributed by atoms with Crippen LogP contribution in [0.15, 0.2) is 48.5 Å². The van der Waals surface area contributed by atoms with E-state index >= 15 is 0 Å². The summed E-state index contributed by atoms with van der Waals surface area (Å²) in [6.07, 6.45) is 1.25. The molecule has 2 aromatic rings. The number of hydrogen-bond donors (Lipinski definition) is 3. The summed E-state index contributed by atoms with van der Waals surface area (Å²) < 4.78 is 4.70. The highest BCUT2D eigenvalue weighted by Crippen LogP contribution is 2.69. The Morgan fingerprint density at radius 1 is 1.15 bits per heavy atom. The number of nitrogens with zero attached hydrogens (tertiary/aromatic N) is 1. The number of ether oxygens (including phenoxy) is 1. The van der Waals surface area contributed by atoms with Gasteiger partial charge in [0.15, 0.2) is 0 Å². The van der Waals surface area contributed by atoms with Crippen molar-refractivity contribution in [1.82, 2.24) is 4.90 Å². The number of nitrogens with one attached hydrogen (secondary N) is 2. The van der Waals surface area contributed by atoms with Crippen LogP contribution in [0.3, 0.4) is 0 Å². The number of anilines is 2. The predicted octanol–water partition coefficient (Wildman–Crippen LogP) is 5.06. The van der Waals surface area contributed by atoms with Crippen molar-refractivity contribution in [1.29, 1.82) is 0 Å². The zero-order valence-electron chi connectivity index (χ0n) is 23.8. The fourth-order valence-corrected chi connectivity index (χ4v) is 9.65. The number of aliphatic hydroxyl groups excluding tert-OH is 1. The molecule has 8 nitrogen and oxygen atoms in total. The van der Waals surface area contributed by atoms with Crippen LogP contribution in [-0.2, 0) is 14.4 Å². The summed E-state index contributed by atoms with van der Waals surface area (Å²) in [5, 5.41) is 16.8. The average molecular weight is 600 g/mol. The lowest BCUT2D eigenvalue weighted by molar-refractivity contribution is -0.141. The van der Waals surface area contributed by atoms with Gasteiger partial charge in [0.1, 0.15) is 11.8 Å². The normalized spacial score (nSPS) is 29.0. The van der Waals surface area contributed by atoms with E-state index in [2.05, 4.69) is 17.6 Å². The maximum Gasteiger partial charge on any atom is 0.248 e. The number of para-hydroxylation sites is 1. The summed E-state index contributed by atoms with van der Waals surface area (Å²) in [7, 11) is 0. The van der Waals surface area contributed by atoms with Crippen LogP contribution >= 0.6 is 23.4 Å². The molecule has 3 aliphatic heterocycles. The molecular weight excluding hydrogens is 562 g/mol. The standard InChI is InChI=1S/C31H38ClN3O5S/c1-5-40-21-12-10-19(11-13-21)33-28(37)25-24-15-18(4)31(41-24)26(25)30(39)35(20(16-36)14-17(2)3)27(31)29(38)34-23-9-7-6-8-22(23)32/h6-13,17-18,20,24-27,36H,5,14-16H2,1-4H3,(H,33,37)(H,34,38)/t18?,20-,24-,25+,26+,27?,31?/m1/s1. The van der Waals surface area contributed by atoms with Gasteiger partial charge in [-0.25, -0.2) is 0 Å². The van der Waals surface area contributed by atoms with Crippen LogP contribution in [0.4, 0.5) is 11.4 Å². The molecule has 1 spiro atoms. The summed E-state index contributed by atoms with van der Waals surface area (Å²) >= 11 is 7.98. The lowest BCUT2D eigenvalue weighted by Gasteiger charge is -2.40. The average Bonchev–Trinajstić information content (AvgIpc) is 3.53. The molecule has 220 valence electrons. The molecule has 5 rings (SSSR count). The molecule has 3 N–H and O–H groups in total. The first-order chi connectivity index (χ1) is 19.6. The Morgan fingerprint density at radius 3 is 2.49 bits per heavy atom. The molecular formula is C31H38ClN3O5S. The van der Waals surface area contributed by atoms with Crippen LogP contribution in [0.2, 0.25) is 5.02 Å². The van der Waals surface area contributed by atoms with Gasteiger partial charge in [-0.1, -0.05) is 44.5 Å². The van der Waals surface area contributed by atoms with Crippen molar-refractivity contribution in [3.05, 3.63) is 53.6 Å². The minimum atomic E-state index is -0.861. The van der Waals surface area contributed by atoms with E-state index in [1.807, 2.05) is 20.8 Å². The molecule has 41 heavy (non-hydrogen) atoms. The molecule has 0 saturated carbocycles. The first kappa shape index (κ1) is 29.7. The van der Waals surface area contributed by atoms with Crippen LogP contribution in [0, 0.1) is 23.7 Å². The zero-order chi connectivity index (χ0) is 29.5. The van der Waals surface area contributed by atoms with Crippen LogP contribution in [0.1, 0.15) is 40.5 Å². The molecule has 2 bridgehead atoms. The van der Waals surface area contributed by atoms with E-state index in [1.165, 1.54) is 0 Å². The number of likely N-dealkylation sites (tertiary alicyclic amines) is 1. The van der Waals surface area contributed by atoms with E-state index in [9.17, 15) is 19.5 Å². The van der Waals surface area contributed by atoms with Crippen molar-refractivity contribution in [2.75, 3.05) is 23.8 Å². The van der Waals surface area contributed by atoms with Crippen molar-refractivity contribution in [3.63, 3.8) is 0 Å². The summed E-state index contributed by atoms with van der Waals surface area (Å²) in [5.74, 6) is -1.20. The maximum absolute atomic E-state index is 14.4. The van der Waals surface area contributed by atoms with Crippen molar-refractivity contribution >= 4 is 52.5 Å². The van der Waals surface area contributed by atoms with E-state index in [4.69, 9.17) is 16.3 Å². The molecule has 3 unspecified atom stereocenters. The molecule has 3 amide bonds. The van der Waals surface area contributed by atoms with Gasteiger partial charge in [-0.15, -0.1) is 11.8 Å². The Bertz CT molecular complexity index is 1310. The number of carbonyl (C=O) groups is 3. The minimum Gasteiger partial charge on any atom is -0.494 e. The van der Waals surface area contributed by atoms with Gasteiger partial charge in [0.25, 0.3) is 0 Å². The lowest BCUT2D eigenvalue weighted by atomic mass is 9.66. The fraction of sp³-hybridized carbons (Fsp3) is 0.516. The van der Waals surface area contributed by atoms with Crippen molar-refractivity contribution in [2.45, 2.75) is 62.6 Å². The Kier molecular flexibility index (Phi) is 8.60. The van der Waals surface area contributed by atoms with Crippen LogP contribution in [-0.4, -0.2) is 63.0 Å². The zero-order valence-corrected chi connectivity index (χ0v) is 25.4. The summed E-state index contributed by atoms with van der Waals surface area (Å²) in [6, 6.07) is 12.8. The molecule has 0 aliphatic carbocycles. The molecule has 10 heteroatoms. The molecule has 0 radical (unpaired) electrons. The van der Waals surface area contributed by atoms with E-state index in [0.29, 0.717) is 41.6 Å². The molecule has 3 saturated heterocycles. The maximum atomic E-state index is 14.4. The van der Waals surface area contributed by atoms with E-state index < -0.39 is 28.7 Å². The van der Waals surface area contributed by atoms with Crippen molar-refractivity contribution in [2.24, 2.45) is 23.7 Å². The number of rotatable bonds is 10. The molecule has 3 aliphatic rings. The third kappa shape index (κ3) is 5.21. The van der Waals surface area contributed by atoms with Gasteiger partial charge in [0.2, 0.25) is 17.7 Å². The molecule has 3 heterocycles. The highest BCUT2D eigenvalue weighted by molar-refractivity contribution is 8.02. The quantitative estimate of drug-likeness (QED) is 0.352. The van der Waals surface area contributed by atoms with Gasteiger partial charge in [0.05, 0.1) is 46.5 Å². The predicted molar refractivity (Wildman–Crippen MR) is 162 cm³/mol. The smallest absolute Gasteiger partial charge is 0.248 e. The topological polar surface area (TPSA) is 108 Å². The van der Waals surface area contributed by atoms with E-state index in [1.54, 1.807) is 65.2 Å². The second-order valence-corrected chi connectivity index (χ2v) is 13.6. The third-order valence-corrected chi connectivity index (χ3v) is 11.1. The Hall–Kier alpha value is -2.75. The van der Waals surface area contributed by atoms with Gasteiger partial charge >= 0.3 is 0 Å². The number of carbonyl (C=O) groups excluding carboxylic acids is 3. The van der Waals surface area contributed by atoms with Crippen molar-refractivity contribution in [3.8, 4) is 5.75 Å². The van der Waals surface area contributed by atoms with Gasteiger partial charge in [-0.2, -0.15) is 0 Å². The van der Waals surface area contributed by atoms with Crippen LogP contribution in [0.25, 0.3) is 0 Å². The largest absolute Gasteiger partial charge is 0.494 e. The SMILES string of the molecule is CCOc1ccc(NC(=O)[C@@H]2[C@H]3C(=O)N([C@@H](CO)CC(C)C)C(C(=O)Nc4ccccc4Cl)C34S[C@@H]2CC4C)cc1. The number of hydrogen-bond acceptors (Lipinski definition) is 6. The monoisotopic (exact) mass is 599 g/mol. The second kappa shape index (κ2) is 11.9. The van der Waals surface area contributed by atoms with Crippen LogP contribution in [0.5, 0.6) is 5.75 Å². The van der Waals surface area contributed by atoms with Gasteiger partial charge < -0.3 is 25.4 Å². The van der Waals surface area contributed by atoms with E-state index in [0.717, 1.165) is 0 Å². The second-order valence-electron chi connectivity index (χ2n) is 11.7. The third-order valence-electron chi connectivity index (χ3n) is 8.65. The first-order valence-electron chi connectivity index (χ1n) is 14.3. The summed E-state index contributed by atoms with van der Waals surface area (Å²) in [5.41, 5.74) is 1.09. The van der Waals surface area contributed by atoms with Gasteiger partial charge in [-0.3, -0.25) is 14.4 Å². The highest BCUT2D eigenvalue weighted by Gasteiger charge is 2.76. The Labute approximate surface area is 250 Å². The highest BCUT2D eigenvalue weighted by atomic mass is 35.5. The molecule has 2 aromatic carbocycles. The molecule has 7 atom stereocenters. The Balaban J connectivity index is 1.51. The van der Waals surface area contributed by atoms with E-state index in [-0.39, 0.29) is 41.4 Å². The Morgan fingerprint density at radius 2 is 1.85 bits per heavy atom. The summed E-state index contributed by atoms with van der Waals surface area (Å²) in [6.45, 7) is 8.31. The molecule has 0 aromatic heterocycles. The number of aliphatic hydroxyl groups is 1. The number of fused-ring (bicyclic) bond motifs is 1. The summed E-state index contributed by atoms with van der Waals surface area (Å²) in [4.78, 5) is 44.0. The van der Waals surface area contributed by atoms with Crippen LogP contribution < -0.4 is 15.4 Å². The fourth-order valence-electron chi connectivity index (χ4n) is 7.06.